The molecule has 0 saturated carbocycles. The molecule has 1 heterocycles. The van der Waals surface area contributed by atoms with Gasteiger partial charge in [-0.15, -0.1) is 0 Å². The molecule has 0 aliphatic carbocycles. The van der Waals surface area contributed by atoms with Crippen molar-refractivity contribution in [1.82, 2.24) is 0 Å². The van der Waals surface area contributed by atoms with Crippen LogP contribution in [0.4, 0.5) is 13.2 Å². The predicted octanol–water partition coefficient (Wildman–Crippen LogP) is 2.51. The van der Waals surface area contributed by atoms with Crippen LogP contribution in [0.5, 0.6) is 0 Å². The van der Waals surface area contributed by atoms with E-state index in [1.165, 1.54) is 20.6 Å². The molecule has 0 spiro atoms. The Balaban J connectivity index is 3.17. The van der Waals surface area contributed by atoms with Crippen LogP contribution in [-0.4, -0.2) is 43.1 Å². The fraction of sp³-hybridized carbons (Fsp3) is 0.833. The average molecular weight is 283 g/mol. The SMILES string of the molecule is C[N+]1(C)C[Si-](C)(Cl)(Cl)OC(C(F)(F)F)=N1. The van der Waals surface area contributed by atoms with Gasteiger partial charge in [-0.2, -0.15) is 0 Å². The number of halogens is 5. The molecule has 1 aliphatic rings. The van der Waals surface area contributed by atoms with Crippen LogP contribution in [0.1, 0.15) is 0 Å². The van der Waals surface area contributed by atoms with E-state index in [0.29, 0.717) is 0 Å². The molecule has 0 atom stereocenters. The van der Waals surface area contributed by atoms with Crippen LogP contribution in [0.3, 0.4) is 0 Å². The molecule has 0 aromatic rings. The van der Waals surface area contributed by atoms with Gasteiger partial charge in [-0.25, -0.2) is 0 Å². The zero-order valence-corrected chi connectivity index (χ0v) is 10.9. The van der Waals surface area contributed by atoms with Crippen LogP contribution in [0, 0.1) is 0 Å². The Morgan fingerprint density at radius 1 is 1.40 bits per heavy atom. The van der Waals surface area contributed by atoms with Crippen LogP contribution < -0.4 is 0 Å². The first-order chi connectivity index (χ1) is 6.29. The Morgan fingerprint density at radius 2 is 1.87 bits per heavy atom. The summed E-state index contributed by atoms with van der Waals surface area (Å²) in [5, 5.41) is 3.40. The van der Waals surface area contributed by atoms with Gasteiger partial charge in [0.05, 0.1) is 0 Å². The third-order valence-corrected chi connectivity index (χ3v) is 5.02. The van der Waals surface area contributed by atoms with Crippen molar-refractivity contribution in [1.29, 1.82) is 0 Å². The van der Waals surface area contributed by atoms with Gasteiger partial charge >= 0.3 is 94.5 Å². The van der Waals surface area contributed by atoms with Crippen LogP contribution in [0.15, 0.2) is 5.10 Å². The second-order valence-corrected chi connectivity index (χ2v) is 14.5. The van der Waals surface area contributed by atoms with Gasteiger partial charge in [0.2, 0.25) is 0 Å². The fourth-order valence-electron chi connectivity index (χ4n) is 1.52. The van der Waals surface area contributed by atoms with Gasteiger partial charge in [-0.3, -0.25) is 0 Å². The van der Waals surface area contributed by atoms with Crippen molar-refractivity contribution in [3.05, 3.63) is 0 Å². The zero-order chi connectivity index (χ0) is 12.1. The van der Waals surface area contributed by atoms with E-state index in [2.05, 4.69) is 9.53 Å². The van der Waals surface area contributed by atoms with Crippen molar-refractivity contribution >= 4 is 34.3 Å². The third kappa shape index (κ3) is 3.51. The van der Waals surface area contributed by atoms with E-state index in [-0.39, 0.29) is 10.8 Å². The summed E-state index contributed by atoms with van der Waals surface area (Å²) in [5.74, 6) is -1.35. The van der Waals surface area contributed by atoms with E-state index in [0.717, 1.165) is 0 Å². The van der Waals surface area contributed by atoms with Crippen molar-refractivity contribution in [2.45, 2.75) is 12.7 Å². The second kappa shape index (κ2) is 3.03. The number of hydrogen-bond donors (Lipinski definition) is 0. The van der Waals surface area contributed by atoms with Gasteiger partial charge in [0.25, 0.3) is 0 Å². The van der Waals surface area contributed by atoms with E-state index < -0.39 is 18.3 Å². The number of alkyl halides is 3. The Labute approximate surface area is 94.9 Å². The number of hydrogen-bond acceptors (Lipinski definition) is 2. The first-order valence-corrected chi connectivity index (χ1v) is 9.23. The van der Waals surface area contributed by atoms with E-state index >= 15 is 0 Å². The van der Waals surface area contributed by atoms with Crippen molar-refractivity contribution in [2.75, 3.05) is 20.3 Å². The number of rotatable bonds is 0. The van der Waals surface area contributed by atoms with Crippen LogP contribution in [0.2, 0.25) is 6.55 Å². The molecule has 0 amide bonds. The molecule has 0 aromatic carbocycles. The van der Waals surface area contributed by atoms with E-state index in [9.17, 15) is 13.2 Å². The summed E-state index contributed by atoms with van der Waals surface area (Å²) in [6.07, 6.45) is -8.66. The fourth-order valence-corrected chi connectivity index (χ4v) is 6.16. The minimum absolute atomic E-state index is 0.0582. The summed E-state index contributed by atoms with van der Waals surface area (Å²) in [5.41, 5.74) is 0. The third-order valence-electron chi connectivity index (χ3n) is 1.68. The van der Waals surface area contributed by atoms with Crippen molar-refractivity contribution < 1.29 is 22.2 Å². The molecule has 0 fully saturated rings. The Morgan fingerprint density at radius 3 is 2.20 bits per heavy atom. The molecule has 0 radical (unpaired) electrons. The summed E-state index contributed by atoms with van der Waals surface area (Å²) >= 11 is 11.8. The quantitative estimate of drug-likeness (QED) is 0.380. The first kappa shape index (κ1) is 13.1. The van der Waals surface area contributed by atoms with Crippen molar-refractivity contribution in [3.8, 4) is 0 Å². The van der Waals surface area contributed by atoms with Gasteiger partial charge in [0.1, 0.15) is 0 Å². The van der Waals surface area contributed by atoms with Gasteiger partial charge < -0.3 is 0 Å². The summed E-state index contributed by atoms with van der Waals surface area (Å²) in [6.45, 7) is 1.32. The molecule has 1 aliphatic heterocycles. The van der Waals surface area contributed by atoms with Gasteiger partial charge in [0.15, 0.2) is 0 Å². The minimum atomic E-state index is -4.66. The number of nitrogens with zero attached hydrogens (tertiary/aromatic N) is 2. The molecule has 0 aromatic heterocycles. The first-order valence-electron chi connectivity index (χ1n) is 4.09. The molecule has 3 nitrogen and oxygen atoms in total. The Hall–Kier alpha value is 0.0169. The standard InChI is InChI=1S/C6H11Cl2F3N2OSi/c1-13(2)4-15(3,7,8)14-5(12-13)6(9,10)11/h4H2,1-3H3. The molecule has 0 saturated heterocycles. The van der Waals surface area contributed by atoms with Crippen LogP contribution >= 0.6 is 22.2 Å². The van der Waals surface area contributed by atoms with Crippen molar-refractivity contribution in [2.24, 2.45) is 5.10 Å². The van der Waals surface area contributed by atoms with Gasteiger partial charge in [-0.05, 0) is 0 Å². The maximum absolute atomic E-state index is 12.4. The molecule has 9 heteroatoms. The predicted molar refractivity (Wildman–Crippen MR) is 54.9 cm³/mol. The maximum atomic E-state index is 12.4. The summed E-state index contributed by atoms with van der Waals surface area (Å²) in [7, 11) is 2.96. The molecular formula is C6H11Cl2F3N2OSi. The van der Waals surface area contributed by atoms with Crippen LogP contribution in [-0.2, 0) is 4.43 Å². The molecular weight excluding hydrogens is 272 g/mol. The van der Waals surface area contributed by atoms with Gasteiger partial charge in [0, 0.05) is 0 Å². The average Bonchev–Trinajstić information content (AvgIpc) is 1.74. The Bertz CT molecular complexity index is 321. The molecule has 15 heavy (non-hydrogen) atoms. The summed E-state index contributed by atoms with van der Waals surface area (Å²) in [6, 6.07) is 0. The normalized spacial score (nSPS) is 30.7. The van der Waals surface area contributed by atoms with Crippen molar-refractivity contribution in [3.63, 3.8) is 0 Å². The molecule has 0 N–H and O–H groups in total. The van der Waals surface area contributed by atoms with E-state index in [1.807, 2.05) is 0 Å². The van der Waals surface area contributed by atoms with E-state index in [1.54, 1.807) is 0 Å². The zero-order valence-electron chi connectivity index (χ0n) is 8.40. The topological polar surface area (TPSA) is 21.6 Å². The number of quaternary nitrogens is 1. The summed E-state index contributed by atoms with van der Waals surface area (Å²) < 4.78 is 41.7. The molecule has 0 bridgehead atoms. The molecule has 90 valence electrons. The monoisotopic (exact) mass is 282 g/mol. The second-order valence-electron chi connectivity index (χ2n) is 4.36. The molecule has 1 rings (SSSR count). The Kier molecular flexibility index (Phi) is 2.64. The van der Waals surface area contributed by atoms with Gasteiger partial charge in [-0.1, -0.05) is 0 Å². The molecule has 0 unspecified atom stereocenters. The van der Waals surface area contributed by atoms with E-state index in [4.69, 9.17) is 22.2 Å². The summed E-state index contributed by atoms with van der Waals surface area (Å²) in [4.78, 5) is 0. The van der Waals surface area contributed by atoms with Crippen LogP contribution in [0.25, 0.3) is 0 Å².